The molecule has 1 aliphatic rings. The van der Waals surface area contributed by atoms with E-state index in [9.17, 15) is 23.3 Å². The third-order valence-corrected chi connectivity index (χ3v) is 6.28. The Morgan fingerprint density at radius 3 is 2.52 bits per heavy atom. The summed E-state index contributed by atoms with van der Waals surface area (Å²) in [6.45, 7) is 3.92. The van der Waals surface area contributed by atoms with Gasteiger partial charge in [0.05, 0.1) is 9.82 Å². The smallest absolute Gasteiger partial charge is 0.312 e. The number of rotatable bonds is 7. The molecule has 9 heteroatoms. The fourth-order valence-corrected chi connectivity index (χ4v) is 4.32. The van der Waals surface area contributed by atoms with Crippen LogP contribution in [0, 0.1) is 10.1 Å². The largest absolute Gasteiger partial charge is 0.476 e. The summed E-state index contributed by atoms with van der Waals surface area (Å²) in [4.78, 5) is 22.4. The fraction of sp³-hybridized carbons (Fsp3) is 0.562. The van der Waals surface area contributed by atoms with Crippen LogP contribution in [0.2, 0.25) is 0 Å². The molecule has 25 heavy (non-hydrogen) atoms. The fourth-order valence-electron chi connectivity index (χ4n) is 2.84. The Hall–Kier alpha value is -2.00. The standard InChI is InChI=1S/C16H22N2O6S/c1-3-17(4-2)25(22,23)12-9-10-15(13(11-12)18(20)21)24-16-8-6-5-7-14(16)19/h9-11,16H,3-8H2,1-2H3/t16-/m0/s1. The van der Waals surface area contributed by atoms with E-state index in [1.807, 2.05) is 0 Å². The summed E-state index contributed by atoms with van der Waals surface area (Å²) in [5, 5.41) is 11.4. The molecule has 0 aromatic heterocycles. The van der Waals surface area contributed by atoms with Gasteiger partial charge >= 0.3 is 5.69 Å². The Bertz CT molecular complexity index is 758. The van der Waals surface area contributed by atoms with Gasteiger partial charge in [-0.15, -0.1) is 0 Å². The van der Waals surface area contributed by atoms with Crippen molar-refractivity contribution in [2.45, 2.75) is 50.5 Å². The third kappa shape index (κ3) is 4.16. The van der Waals surface area contributed by atoms with Crippen molar-refractivity contribution < 1.29 is 22.9 Å². The van der Waals surface area contributed by atoms with Gasteiger partial charge in [-0.05, 0) is 31.4 Å². The SMILES string of the molecule is CCN(CC)S(=O)(=O)c1ccc(O[C@H]2CCCCC2=O)c([N+](=O)[O-])c1. The third-order valence-electron chi connectivity index (χ3n) is 4.24. The van der Waals surface area contributed by atoms with Crippen molar-refractivity contribution in [3.63, 3.8) is 0 Å². The van der Waals surface area contributed by atoms with Crippen LogP contribution in [0.4, 0.5) is 5.69 Å². The van der Waals surface area contributed by atoms with E-state index in [-0.39, 0.29) is 29.5 Å². The number of ketones is 1. The summed E-state index contributed by atoms with van der Waals surface area (Å²) >= 11 is 0. The zero-order valence-corrected chi connectivity index (χ0v) is 15.1. The maximum Gasteiger partial charge on any atom is 0.312 e. The normalized spacial score (nSPS) is 18.4. The summed E-state index contributed by atoms with van der Waals surface area (Å²) in [7, 11) is -3.81. The Labute approximate surface area is 147 Å². The molecule has 1 aliphatic carbocycles. The summed E-state index contributed by atoms with van der Waals surface area (Å²) in [6.07, 6.45) is 1.81. The lowest BCUT2D eigenvalue weighted by molar-refractivity contribution is -0.386. The monoisotopic (exact) mass is 370 g/mol. The second-order valence-corrected chi connectivity index (χ2v) is 7.73. The molecule has 0 amide bonds. The van der Waals surface area contributed by atoms with Gasteiger partial charge < -0.3 is 4.74 Å². The van der Waals surface area contributed by atoms with Gasteiger partial charge in [-0.1, -0.05) is 13.8 Å². The Morgan fingerprint density at radius 2 is 1.96 bits per heavy atom. The van der Waals surface area contributed by atoms with Gasteiger partial charge in [0.25, 0.3) is 0 Å². The van der Waals surface area contributed by atoms with Crippen LogP contribution in [0.25, 0.3) is 0 Å². The molecular weight excluding hydrogens is 348 g/mol. The predicted octanol–water partition coefficient (Wildman–Crippen LogP) is 2.52. The van der Waals surface area contributed by atoms with Crippen molar-refractivity contribution in [3.05, 3.63) is 28.3 Å². The molecule has 2 rings (SSSR count). The highest BCUT2D eigenvalue weighted by atomic mass is 32.2. The molecule has 1 fully saturated rings. The Morgan fingerprint density at radius 1 is 1.28 bits per heavy atom. The number of nitrogens with zero attached hydrogens (tertiary/aromatic N) is 2. The molecule has 0 saturated heterocycles. The molecule has 1 aromatic carbocycles. The first-order valence-corrected chi connectivity index (χ1v) is 9.73. The van der Waals surface area contributed by atoms with Crippen LogP contribution in [0.5, 0.6) is 5.75 Å². The minimum Gasteiger partial charge on any atom is -0.476 e. The van der Waals surface area contributed by atoms with Gasteiger partial charge in [0.2, 0.25) is 10.0 Å². The zero-order valence-electron chi connectivity index (χ0n) is 14.3. The van der Waals surface area contributed by atoms with Crippen molar-refractivity contribution in [1.82, 2.24) is 4.31 Å². The van der Waals surface area contributed by atoms with Crippen molar-refractivity contribution >= 4 is 21.5 Å². The summed E-state index contributed by atoms with van der Waals surface area (Å²) < 4.78 is 31.8. The molecule has 0 radical (unpaired) electrons. The van der Waals surface area contributed by atoms with Crippen molar-refractivity contribution in [2.24, 2.45) is 0 Å². The molecule has 0 unspecified atom stereocenters. The number of nitro benzene ring substituents is 1. The topological polar surface area (TPSA) is 107 Å². The van der Waals surface area contributed by atoms with E-state index in [4.69, 9.17) is 4.74 Å². The van der Waals surface area contributed by atoms with E-state index in [0.717, 1.165) is 18.9 Å². The molecule has 1 atom stereocenters. The van der Waals surface area contributed by atoms with Gasteiger partial charge in [-0.25, -0.2) is 8.42 Å². The first kappa shape index (κ1) is 19.3. The highest BCUT2D eigenvalue weighted by Gasteiger charge is 2.29. The van der Waals surface area contributed by atoms with E-state index >= 15 is 0 Å². The van der Waals surface area contributed by atoms with Crippen molar-refractivity contribution in [2.75, 3.05) is 13.1 Å². The average molecular weight is 370 g/mol. The quantitative estimate of drug-likeness (QED) is 0.539. The van der Waals surface area contributed by atoms with E-state index in [0.29, 0.717) is 12.8 Å². The van der Waals surface area contributed by atoms with Crippen LogP contribution in [0.1, 0.15) is 39.5 Å². The second kappa shape index (κ2) is 7.92. The van der Waals surface area contributed by atoms with Gasteiger partial charge in [0.1, 0.15) is 0 Å². The van der Waals surface area contributed by atoms with Gasteiger partial charge in [-0.3, -0.25) is 14.9 Å². The highest BCUT2D eigenvalue weighted by Crippen LogP contribution is 2.33. The van der Waals surface area contributed by atoms with Crippen LogP contribution in [-0.4, -0.2) is 42.6 Å². The van der Waals surface area contributed by atoms with E-state index in [2.05, 4.69) is 0 Å². The number of Topliss-reactive ketones (excluding diaryl/α,β-unsaturated/α-hetero) is 1. The molecule has 0 N–H and O–H groups in total. The molecule has 1 saturated carbocycles. The van der Waals surface area contributed by atoms with E-state index < -0.39 is 26.7 Å². The molecular formula is C16H22N2O6S. The minimum absolute atomic E-state index is 0.0799. The van der Waals surface area contributed by atoms with Gasteiger partial charge in [0, 0.05) is 25.6 Å². The molecule has 8 nitrogen and oxygen atoms in total. The number of carbonyl (C=O) groups is 1. The molecule has 0 aliphatic heterocycles. The van der Waals surface area contributed by atoms with Crippen molar-refractivity contribution in [1.29, 1.82) is 0 Å². The number of nitro groups is 1. The first-order valence-electron chi connectivity index (χ1n) is 8.29. The summed E-state index contributed by atoms with van der Waals surface area (Å²) in [5.41, 5.74) is -0.452. The molecule has 0 bridgehead atoms. The van der Waals surface area contributed by atoms with Crippen LogP contribution < -0.4 is 4.74 Å². The molecule has 0 spiro atoms. The minimum atomic E-state index is -3.81. The summed E-state index contributed by atoms with van der Waals surface area (Å²) in [6, 6.07) is 3.54. The number of benzene rings is 1. The van der Waals surface area contributed by atoms with E-state index in [1.165, 1.54) is 16.4 Å². The summed E-state index contributed by atoms with van der Waals surface area (Å²) in [5.74, 6) is -0.163. The van der Waals surface area contributed by atoms with Crippen LogP contribution in [-0.2, 0) is 14.8 Å². The second-order valence-electron chi connectivity index (χ2n) is 5.79. The van der Waals surface area contributed by atoms with E-state index in [1.54, 1.807) is 13.8 Å². The molecule has 1 aromatic rings. The number of carbonyl (C=O) groups excluding carboxylic acids is 1. The number of hydrogen-bond acceptors (Lipinski definition) is 6. The Kier molecular flexibility index (Phi) is 6.12. The van der Waals surface area contributed by atoms with Gasteiger partial charge in [-0.2, -0.15) is 4.31 Å². The van der Waals surface area contributed by atoms with Gasteiger partial charge in [0.15, 0.2) is 17.6 Å². The Balaban J connectivity index is 2.38. The van der Waals surface area contributed by atoms with Crippen LogP contribution >= 0.6 is 0 Å². The number of sulfonamides is 1. The highest BCUT2D eigenvalue weighted by molar-refractivity contribution is 7.89. The molecule has 0 heterocycles. The van der Waals surface area contributed by atoms with Crippen molar-refractivity contribution in [3.8, 4) is 5.75 Å². The molecule has 138 valence electrons. The first-order chi connectivity index (χ1) is 11.8. The number of hydrogen-bond donors (Lipinski definition) is 0. The maximum absolute atomic E-state index is 12.5. The lowest BCUT2D eigenvalue weighted by Crippen LogP contribution is -2.31. The lowest BCUT2D eigenvalue weighted by atomic mass is 9.96. The maximum atomic E-state index is 12.5. The zero-order chi connectivity index (χ0) is 18.6. The van der Waals surface area contributed by atoms with Crippen LogP contribution in [0.3, 0.4) is 0 Å². The van der Waals surface area contributed by atoms with Crippen LogP contribution in [0.15, 0.2) is 23.1 Å². The number of ether oxygens (including phenoxy) is 1. The lowest BCUT2D eigenvalue weighted by Gasteiger charge is -2.22. The predicted molar refractivity (Wildman–Crippen MR) is 91.1 cm³/mol. The average Bonchev–Trinajstić information content (AvgIpc) is 2.57.